The van der Waals surface area contributed by atoms with Crippen LogP contribution in [0.3, 0.4) is 0 Å². The smallest absolute Gasteiger partial charge is 0.430 e. The van der Waals surface area contributed by atoms with Crippen molar-refractivity contribution in [3.63, 3.8) is 0 Å². The zero-order valence-corrected chi connectivity index (χ0v) is 8.28. The molecule has 14 heavy (non-hydrogen) atoms. The molecule has 3 nitrogen and oxygen atoms in total. The van der Waals surface area contributed by atoms with Crippen molar-refractivity contribution in [1.82, 2.24) is 0 Å². The van der Waals surface area contributed by atoms with Crippen LogP contribution in [0.2, 0.25) is 0 Å². The van der Waals surface area contributed by atoms with Crippen LogP contribution in [-0.4, -0.2) is 18.9 Å². The highest BCUT2D eigenvalue weighted by atomic mass is 16.8. The van der Waals surface area contributed by atoms with Crippen LogP contribution in [0.25, 0.3) is 0 Å². The van der Waals surface area contributed by atoms with E-state index in [1.165, 1.54) is 25.7 Å². The molecule has 0 spiro atoms. The molecule has 2 bridgehead atoms. The van der Waals surface area contributed by atoms with Crippen molar-refractivity contribution in [3.8, 4) is 0 Å². The predicted molar refractivity (Wildman–Crippen MR) is 49.8 cm³/mol. The zero-order valence-electron chi connectivity index (χ0n) is 8.28. The number of ether oxygens (including phenoxy) is 2. The number of hydrogen-bond acceptors (Lipinski definition) is 3. The third kappa shape index (κ3) is 1.39. The van der Waals surface area contributed by atoms with Crippen LogP contribution in [0.15, 0.2) is 0 Å². The molecule has 4 atom stereocenters. The number of carbonyl (C=O) groups is 1. The van der Waals surface area contributed by atoms with E-state index in [-0.39, 0.29) is 6.10 Å². The van der Waals surface area contributed by atoms with Gasteiger partial charge in [-0.25, -0.2) is 4.79 Å². The van der Waals surface area contributed by atoms with Crippen LogP contribution in [0.1, 0.15) is 32.1 Å². The Bertz CT molecular complexity index is 251. The molecule has 3 fully saturated rings. The van der Waals surface area contributed by atoms with Gasteiger partial charge < -0.3 is 9.47 Å². The van der Waals surface area contributed by atoms with Crippen molar-refractivity contribution in [2.24, 2.45) is 17.8 Å². The van der Waals surface area contributed by atoms with Gasteiger partial charge >= 0.3 is 6.16 Å². The van der Waals surface area contributed by atoms with Gasteiger partial charge in [-0.15, -0.1) is 0 Å². The molecule has 1 heterocycles. The monoisotopic (exact) mass is 196 g/mol. The van der Waals surface area contributed by atoms with Gasteiger partial charge in [0.05, 0.1) is 0 Å². The molecular formula is C11H16O3. The van der Waals surface area contributed by atoms with E-state index in [0.717, 1.165) is 24.2 Å². The molecule has 0 amide bonds. The van der Waals surface area contributed by atoms with E-state index in [2.05, 4.69) is 0 Å². The Labute approximate surface area is 83.8 Å². The van der Waals surface area contributed by atoms with Crippen LogP contribution < -0.4 is 0 Å². The second kappa shape index (κ2) is 3.14. The van der Waals surface area contributed by atoms with Crippen LogP contribution in [-0.2, 0) is 9.47 Å². The Balaban J connectivity index is 1.55. The van der Waals surface area contributed by atoms with Crippen molar-refractivity contribution < 1.29 is 14.3 Å². The molecule has 2 aliphatic carbocycles. The van der Waals surface area contributed by atoms with Gasteiger partial charge in [-0.1, -0.05) is 6.42 Å². The molecule has 2 saturated carbocycles. The third-order valence-electron chi connectivity index (χ3n) is 4.10. The molecule has 0 N–H and O–H groups in total. The predicted octanol–water partition coefficient (Wildman–Crippen LogP) is 2.35. The molecule has 4 unspecified atom stereocenters. The number of cyclic esters (lactones) is 2. The van der Waals surface area contributed by atoms with Crippen molar-refractivity contribution in [2.45, 2.75) is 38.2 Å². The van der Waals surface area contributed by atoms with Crippen molar-refractivity contribution in [3.05, 3.63) is 0 Å². The molecular weight excluding hydrogens is 180 g/mol. The summed E-state index contributed by atoms with van der Waals surface area (Å²) in [6.45, 7) is 0.479. The Morgan fingerprint density at radius 1 is 1.29 bits per heavy atom. The lowest BCUT2D eigenvalue weighted by Gasteiger charge is -2.22. The van der Waals surface area contributed by atoms with Crippen LogP contribution in [0.5, 0.6) is 0 Å². The Morgan fingerprint density at radius 2 is 2.21 bits per heavy atom. The number of rotatable bonds is 2. The molecule has 0 aromatic carbocycles. The molecule has 3 heteroatoms. The summed E-state index contributed by atoms with van der Waals surface area (Å²) in [6.07, 6.45) is 6.22. The van der Waals surface area contributed by atoms with E-state index in [0.29, 0.717) is 6.61 Å². The summed E-state index contributed by atoms with van der Waals surface area (Å²) in [4.78, 5) is 10.7. The fourth-order valence-corrected chi connectivity index (χ4v) is 3.48. The summed E-state index contributed by atoms with van der Waals surface area (Å²) in [5.74, 6) is 2.69. The molecule has 3 rings (SSSR count). The summed E-state index contributed by atoms with van der Waals surface area (Å²) in [5.41, 5.74) is 0. The van der Waals surface area contributed by atoms with Gasteiger partial charge in [-0.05, 0) is 43.4 Å². The summed E-state index contributed by atoms with van der Waals surface area (Å²) in [5, 5.41) is 0. The standard InChI is InChI=1S/C11H16O3/c12-11-13-6-10(14-11)5-9-4-7-1-2-8(9)3-7/h7-10H,1-6H2. The van der Waals surface area contributed by atoms with E-state index in [9.17, 15) is 4.79 Å². The number of hydrogen-bond donors (Lipinski definition) is 0. The first-order valence-corrected chi connectivity index (χ1v) is 5.64. The van der Waals surface area contributed by atoms with Crippen LogP contribution in [0, 0.1) is 17.8 Å². The second-order valence-electron chi connectivity index (χ2n) is 4.97. The summed E-state index contributed by atoms with van der Waals surface area (Å²) in [6, 6.07) is 0. The first-order valence-electron chi connectivity index (χ1n) is 5.64. The molecule has 1 aliphatic heterocycles. The minimum atomic E-state index is -0.474. The van der Waals surface area contributed by atoms with E-state index in [1.54, 1.807) is 0 Å². The maximum atomic E-state index is 10.7. The normalized spacial score (nSPS) is 45.3. The van der Waals surface area contributed by atoms with E-state index < -0.39 is 6.16 Å². The highest BCUT2D eigenvalue weighted by Gasteiger charge is 2.41. The van der Waals surface area contributed by atoms with Gasteiger partial charge in [-0.3, -0.25) is 0 Å². The number of carbonyl (C=O) groups excluding carboxylic acids is 1. The molecule has 0 aromatic rings. The van der Waals surface area contributed by atoms with E-state index in [4.69, 9.17) is 9.47 Å². The Hall–Kier alpha value is -0.730. The first-order chi connectivity index (χ1) is 6.81. The second-order valence-corrected chi connectivity index (χ2v) is 4.97. The van der Waals surface area contributed by atoms with Gasteiger partial charge in [0, 0.05) is 0 Å². The van der Waals surface area contributed by atoms with Gasteiger partial charge in [0.1, 0.15) is 12.7 Å². The lowest BCUT2D eigenvalue weighted by atomic mass is 9.85. The van der Waals surface area contributed by atoms with Crippen LogP contribution >= 0.6 is 0 Å². The highest BCUT2D eigenvalue weighted by molar-refractivity contribution is 5.61. The van der Waals surface area contributed by atoms with Crippen molar-refractivity contribution in [2.75, 3.05) is 6.61 Å². The number of fused-ring (bicyclic) bond motifs is 2. The topological polar surface area (TPSA) is 35.5 Å². The van der Waals surface area contributed by atoms with E-state index >= 15 is 0 Å². The summed E-state index contributed by atoms with van der Waals surface area (Å²) >= 11 is 0. The summed E-state index contributed by atoms with van der Waals surface area (Å²) < 4.78 is 9.86. The maximum Gasteiger partial charge on any atom is 0.508 e. The molecule has 1 saturated heterocycles. The first kappa shape index (κ1) is 8.57. The quantitative estimate of drug-likeness (QED) is 0.636. The van der Waals surface area contributed by atoms with Crippen LogP contribution in [0.4, 0.5) is 4.79 Å². The maximum absolute atomic E-state index is 10.7. The molecule has 3 aliphatic rings. The SMILES string of the molecule is O=C1OCC(CC2CC3CCC2C3)O1. The largest absolute Gasteiger partial charge is 0.508 e. The Kier molecular flexibility index (Phi) is 1.92. The third-order valence-corrected chi connectivity index (χ3v) is 4.10. The molecule has 0 aromatic heterocycles. The molecule has 0 radical (unpaired) electrons. The van der Waals surface area contributed by atoms with Crippen molar-refractivity contribution >= 4 is 6.16 Å². The minimum Gasteiger partial charge on any atom is -0.430 e. The average molecular weight is 196 g/mol. The van der Waals surface area contributed by atoms with Gasteiger partial charge in [0.15, 0.2) is 0 Å². The average Bonchev–Trinajstić information content (AvgIpc) is 2.82. The minimum absolute atomic E-state index is 0.0480. The lowest BCUT2D eigenvalue weighted by Crippen LogP contribution is -2.20. The van der Waals surface area contributed by atoms with Gasteiger partial charge in [-0.2, -0.15) is 0 Å². The lowest BCUT2D eigenvalue weighted by molar-refractivity contribution is 0.106. The van der Waals surface area contributed by atoms with Gasteiger partial charge in [0.25, 0.3) is 0 Å². The van der Waals surface area contributed by atoms with Gasteiger partial charge in [0.2, 0.25) is 0 Å². The summed E-state index contributed by atoms with van der Waals surface area (Å²) in [7, 11) is 0. The fraction of sp³-hybridized carbons (Fsp3) is 0.909. The van der Waals surface area contributed by atoms with Crippen molar-refractivity contribution in [1.29, 1.82) is 0 Å². The van der Waals surface area contributed by atoms with E-state index in [1.807, 2.05) is 0 Å². The highest BCUT2D eigenvalue weighted by Crippen LogP contribution is 2.50. The zero-order chi connectivity index (χ0) is 9.54. The fourth-order valence-electron chi connectivity index (χ4n) is 3.48. The Morgan fingerprint density at radius 3 is 2.79 bits per heavy atom. The molecule has 78 valence electrons.